The molecule has 0 spiro atoms. The maximum atomic E-state index is 12.0. The molecule has 21 heavy (non-hydrogen) atoms. The van der Waals surface area contributed by atoms with Crippen LogP contribution in [0.5, 0.6) is 5.75 Å². The summed E-state index contributed by atoms with van der Waals surface area (Å²) in [5.41, 5.74) is 0. The smallest absolute Gasteiger partial charge is 0.317 e. The molecule has 1 aliphatic rings. The average molecular weight is 290 g/mol. The molecule has 1 aliphatic carbocycles. The third-order valence-corrected chi connectivity index (χ3v) is 3.93. The molecule has 116 valence electrons. The quantitative estimate of drug-likeness (QED) is 0.816. The Labute approximate surface area is 127 Å². The predicted octanol–water partition coefficient (Wildman–Crippen LogP) is 3.43. The Bertz CT molecular complexity index is 416. The second-order valence-corrected chi connectivity index (χ2v) is 5.72. The molecule has 0 radical (unpaired) electrons. The SMILES string of the molecule is CN(CCCOc1ccccc1)C(=O)NC1CCCCC1. The summed E-state index contributed by atoms with van der Waals surface area (Å²) in [6.45, 7) is 1.34. The number of carbonyl (C=O) groups excluding carboxylic acids is 1. The summed E-state index contributed by atoms with van der Waals surface area (Å²) in [5.74, 6) is 0.881. The van der Waals surface area contributed by atoms with E-state index >= 15 is 0 Å². The van der Waals surface area contributed by atoms with Crippen LogP contribution in [-0.4, -0.2) is 37.2 Å². The molecule has 1 aromatic rings. The lowest BCUT2D eigenvalue weighted by atomic mass is 9.96. The van der Waals surface area contributed by atoms with Crippen LogP contribution >= 0.6 is 0 Å². The van der Waals surface area contributed by atoms with E-state index in [4.69, 9.17) is 4.74 Å². The fourth-order valence-electron chi connectivity index (χ4n) is 2.64. The number of para-hydroxylation sites is 1. The molecule has 1 aromatic carbocycles. The van der Waals surface area contributed by atoms with Gasteiger partial charge in [-0.3, -0.25) is 0 Å². The highest BCUT2D eigenvalue weighted by atomic mass is 16.5. The van der Waals surface area contributed by atoms with Crippen LogP contribution in [0.25, 0.3) is 0 Å². The molecule has 1 saturated carbocycles. The van der Waals surface area contributed by atoms with Crippen LogP contribution < -0.4 is 10.1 Å². The van der Waals surface area contributed by atoms with Gasteiger partial charge < -0.3 is 15.0 Å². The van der Waals surface area contributed by atoms with Crippen LogP contribution in [0.15, 0.2) is 30.3 Å². The van der Waals surface area contributed by atoms with Gasteiger partial charge in [-0.2, -0.15) is 0 Å². The van der Waals surface area contributed by atoms with Gasteiger partial charge >= 0.3 is 6.03 Å². The molecule has 1 fully saturated rings. The van der Waals surface area contributed by atoms with Crippen molar-refractivity contribution in [3.8, 4) is 5.75 Å². The van der Waals surface area contributed by atoms with E-state index in [-0.39, 0.29) is 6.03 Å². The Morgan fingerprint density at radius 1 is 1.24 bits per heavy atom. The third-order valence-electron chi connectivity index (χ3n) is 3.93. The Morgan fingerprint density at radius 3 is 2.67 bits per heavy atom. The molecule has 0 aromatic heterocycles. The highest BCUT2D eigenvalue weighted by Crippen LogP contribution is 2.17. The molecule has 0 unspecified atom stereocenters. The maximum absolute atomic E-state index is 12.0. The molecule has 1 N–H and O–H groups in total. The predicted molar refractivity (Wildman–Crippen MR) is 84.6 cm³/mol. The number of hydrogen-bond donors (Lipinski definition) is 1. The molecule has 0 bridgehead atoms. The molecular formula is C17H26N2O2. The first-order valence-corrected chi connectivity index (χ1v) is 7.95. The summed E-state index contributed by atoms with van der Waals surface area (Å²) < 4.78 is 5.63. The van der Waals surface area contributed by atoms with Gasteiger partial charge in [0, 0.05) is 19.6 Å². The largest absolute Gasteiger partial charge is 0.494 e. The highest BCUT2D eigenvalue weighted by Gasteiger charge is 2.17. The summed E-state index contributed by atoms with van der Waals surface area (Å²) in [6, 6.07) is 10.2. The lowest BCUT2D eigenvalue weighted by Gasteiger charge is -2.26. The van der Waals surface area contributed by atoms with Crippen LogP contribution in [0.3, 0.4) is 0 Å². The minimum absolute atomic E-state index is 0.0432. The van der Waals surface area contributed by atoms with Gasteiger partial charge in [-0.25, -0.2) is 4.79 Å². The van der Waals surface area contributed by atoms with Crippen molar-refractivity contribution in [3.63, 3.8) is 0 Å². The molecule has 4 nitrogen and oxygen atoms in total. The molecule has 2 rings (SSSR count). The minimum atomic E-state index is 0.0432. The van der Waals surface area contributed by atoms with Crippen LogP contribution in [0.2, 0.25) is 0 Å². The van der Waals surface area contributed by atoms with E-state index in [0.717, 1.165) is 25.0 Å². The Kier molecular flexibility index (Phi) is 6.38. The number of benzene rings is 1. The summed E-state index contributed by atoms with van der Waals surface area (Å²) in [4.78, 5) is 13.8. The van der Waals surface area contributed by atoms with Crippen LogP contribution in [0, 0.1) is 0 Å². The van der Waals surface area contributed by atoms with Crippen molar-refractivity contribution in [2.75, 3.05) is 20.2 Å². The van der Waals surface area contributed by atoms with Crippen molar-refractivity contribution >= 4 is 6.03 Å². The van der Waals surface area contributed by atoms with Gasteiger partial charge in [0.2, 0.25) is 0 Å². The topological polar surface area (TPSA) is 41.6 Å². The number of carbonyl (C=O) groups is 1. The molecule has 0 saturated heterocycles. The summed E-state index contributed by atoms with van der Waals surface area (Å²) in [5, 5.41) is 3.12. The molecule has 4 heteroatoms. The number of nitrogens with one attached hydrogen (secondary N) is 1. The van der Waals surface area contributed by atoms with Crippen molar-refractivity contribution in [2.24, 2.45) is 0 Å². The van der Waals surface area contributed by atoms with Crippen LogP contribution in [-0.2, 0) is 0 Å². The highest BCUT2D eigenvalue weighted by molar-refractivity contribution is 5.74. The molecular weight excluding hydrogens is 264 g/mol. The van der Waals surface area contributed by atoms with Crippen LogP contribution in [0.4, 0.5) is 4.79 Å². The zero-order valence-electron chi connectivity index (χ0n) is 12.9. The Hall–Kier alpha value is -1.71. The fraction of sp³-hybridized carbons (Fsp3) is 0.588. The second kappa shape index (κ2) is 8.55. The normalized spacial score (nSPS) is 15.5. The van der Waals surface area contributed by atoms with E-state index in [0.29, 0.717) is 19.2 Å². The summed E-state index contributed by atoms with van der Waals surface area (Å²) in [7, 11) is 1.85. The molecule has 0 atom stereocenters. The lowest BCUT2D eigenvalue weighted by molar-refractivity contribution is 0.195. The van der Waals surface area contributed by atoms with Gasteiger partial charge in [-0.05, 0) is 31.4 Å². The monoisotopic (exact) mass is 290 g/mol. The standard InChI is InChI=1S/C17H26N2O2/c1-19(17(20)18-15-9-4-2-5-10-15)13-8-14-21-16-11-6-3-7-12-16/h3,6-7,11-12,15H,2,4-5,8-10,13-14H2,1H3,(H,18,20). The Morgan fingerprint density at radius 2 is 1.95 bits per heavy atom. The van der Waals surface area contributed by atoms with E-state index in [9.17, 15) is 4.79 Å². The first-order valence-electron chi connectivity index (χ1n) is 7.95. The maximum Gasteiger partial charge on any atom is 0.317 e. The average Bonchev–Trinajstić information content (AvgIpc) is 2.53. The first kappa shape index (κ1) is 15.7. The van der Waals surface area contributed by atoms with Crippen molar-refractivity contribution in [1.82, 2.24) is 10.2 Å². The first-order chi connectivity index (χ1) is 10.3. The minimum Gasteiger partial charge on any atom is -0.494 e. The molecule has 0 heterocycles. The molecule has 2 amide bonds. The number of rotatable bonds is 6. The number of amides is 2. The zero-order chi connectivity index (χ0) is 14.9. The number of urea groups is 1. The van der Waals surface area contributed by atoms with Gasteiger partial charge in [0.25, 0.3) is 0 Å². The zero-order valence-corrected chi connectivity index (χ0v) is 12.9. The fourth-order valence-corrected chi connectivity index (χ4v) is 2.64. The molecule has 0 aliphatic heterocycles. The van der Waals surface area contributed by atoms with Crippen molar-refractivity contribution in [3.05, 3.63) is 30.3 Å². The van der Waals surface area contributed by atoms with Gasteiger partial charge in [0.15, 0.2) is 0 Å². The number of nitrogens with zero attached hydrogens (tertiary/aromatic N) is 1. The van der Waals surface area contributed by atoms with E-state index in [1.807, 2.05) is 37.4 Å². The summed E-state index contributed by atoms with van der Waals surface area (Å²) in [6.07, 6.45) is 6.86. The number of ether oxygens (including phenoxy) is 1. The van der Waals surface area contributed by atoms with E-state index in [1.165, 1.54) is 19.3 Å². The number of hydrogen-bond acceptors (Lipinski definition) is 2. The van der Waals surface area contributed by atoms with Crippen molar-refractivity contribution in [2.45, 2.75) is 44.6 Å². The van der Waals surface area contributed by atoms with E-state index < -0.39 is 0 Å². The third kappa shape index (κ3) is 5.66. The van der Waals surface area contributed by atoms with Gasteiger partial charge in [-0.1, -0.05) is 37.5 Å². The van der Waals surface area contributed by atoms with E-state index in [1.54, 1.807) is 4.90 Å². The van der Waals surface area contributed by atoms with Crippen molar-refractivity contribution in [1.29, 1.82) is 0 Å². The van der Waals surface area contributed by atoms with Crippen molar-refractivity contribution < 1.29 is 9.53 Å². The van der Waals surface area contributed by atoms with E-state index in [2.05, 4.69) is 5.32 Å². The van der Waals surface area contributed by atoms with Gasteiger partial charge in [0.1, 0.15) is 5.75 Å². The van der Waals surface area contributed by atoms with Crippen LogP contribution in [0.1, 0.15) is 38.5 Å². The Balaban J connectivity index is 1.60. The van der Waals surface area contributed by atoms with Gasteiger partial charge in [0.05, 0.1) is 6.61 Å². The van der Waals surface area contributed by atoms with Gasteiger partial charge in [-0.15, -0.1) is 0 Å². The lowest BCUT2D eigenvalue weighted by Crippen LogP contribution is -2.44. The summed E-state index contributed by atoms with van der Waals surface area (Å²) >= 11 is 0. The second-order valence-electron chi connectivity index (χ2n) is 5.72.